The number of nitrogens with zero attached hydrogens (tertiary/aromatic N) is 2. The van der Waals surface area contributed by atoms with Crippen LogP contribution >= 0.6 is 35.3 Å². The van der Waals surface area contributed by atoms with Crippen LogP contribution in [-0.2, 0) is 17.7 Å². The summed E-state index contributed by atoms with van der Waals surface area (Å²) in [6, 6.07) is 2.27. The van der Waals surface area contributed by atoms with Gasteiger partial charge in [-0.2, -0.15) is 0 Å². The lowest BCUT2D eigenvalue weighted by Gasteiger charge is -2.27. The highest BCUT2D eigenvalue weighted by Gasteiger charge is 2.20. The third kappa shape index (κ3) is 7.40. The van der Waals surface area contributed by atoms with Crippen molar-refractivity contribution in [2.24, 2.45) is 10.9 Å². The van der Waals surface area contributed by atoms with E-state index in [0.29, 0.717) is 0 Å². The van der Waals surface area contributed by atoms with Gasteiger partial charge in [-0.25, -0.2) is 0 Å². The van der Waals surface area contributed by atoms with Gasteiger partial charge >= 0.3 is 0 Å². The normalized spacial score (nSPS) is 17.7. The van der Waals surface area contributed by atoms with Gasteiger partial charge in [-0.15, -0.1) is 35.3 Å². The standard InChI is InChI=1S/C18H30N4OS.HI/c1-19-18(20-7-2-11-23-14-15-3-4-15)21-8-10-22-9-5-17-16(13-22)6-12-24-17;/h6,12,15H,2-5,7-11,13-14H2,1H3,(H2,19,20,21);1H. The maximum absolute atomic E-state index is 5.65. The molecule has 1 aliphatic heterocycles. The summed E-state index contributed by atoms with van der Waals surface area (Å²) in [4.78, 5) is 8.38. The Labute approximate surface area is 172 Å². The Morgan fingerprint density at radius 1 is 1.36 bits per heavy atom. The van der Waals surface area contributed by atoms with Crippen LogP contribution in [0, 0.1) is 5.92 Å². The second kappa shape index (κ2) is 11.4. The van der Waals surface area contributed by atoms with E-state index in [-0.39, 0.29) is 24.0 Å². The monoisotopic (exact) mass is 478 g/mol. The number of nitrogens with one attached hydrogen (secondary N) is 2. The van der Waals surface area contributed by atoms with Crippen LogP contribution < -0.4 is 10.6 Å². The van der Waals surface area contributed by atoms with Gasteiger partial charge in [-0.05, 0) is 48.6 Å². The predicted molar refractivity (Wildman–Crippen MR) is 116 cm³/mol. The number of thiophene rings is 1. The molecule has 25 heavy (non-hydrogen) atoms. The van der Waals surface area contributed by atoms with Crippen molar-refractivity contribution in [3.63, 3.8) is 0 Å². The van der Waals surface area contributed by atoms with E-state index in [1.54, 1.807) is 4.88 Å². The van der Waals surface area contributed by atoms with Crippen molar-refractivity contribution in [2.75, 3.05) is 46.4 Å². The first-order valence-corrected chi connectivity index (χ1v) is 10.0. The highest BCUT2D eigenvalue weighted by atomic mass is 127. The minimum absolute atomic E-state index is 0. The average Bonchev–Trinajstić information content (AvgIpc) is 3.31. The Bertz CT molecular complexity index is 533. The van der Waals surface area contributed by atoms with Crippen LogP contribution in [0.5, 0.6) is 0 Å². The molecule has 1 saturated carbocycles. The topological polar surface area (TPSA) is 48.9 Å². The van der Waals surface area contributed by atoms with Crippen LogP contribution in [0.2, 0.25) is 0 Å². The molecule has 0 unspecified atom stereocenters. The molecule has 142 valence electrons. The second-order valence-electron chi connectivity index (χ2n) is 6.69. The van der Waals surface area contributed by atoms with E-state index in [2.05, 4.69) is 32.0 Å². The van der Waals surface area contributed by atoms with Gasteiger partial charge in [0.25, 0.3) is 0 Å². The summed E-state index contributed by atoms with van der Waals surface area (Å²) in [5, 5.41) is 8.99. The summed E-state index contributed by atoms with van der Waals surface area (Å²) < 4.78 is 5.65. The van der Waals surface area contributed by atoms with Crippen molar-refractivity contribution in [2.45, 2.75) is 32.2 Å². The smallest absolute Gasteiger partial charge is 0.191 e. The fourth-order valence-corrected chi connectivity index (χ4v) is 3.86. The molecule has 2 aliphatic rings. The van der Waals surface area contributed by atoms with Crippen LogP contribution in [0.1, 0.15) is 29.7 Å². The fourth-order valence-electron chi connectivity index (χ4n) is 2.97. The quantitative estimate of drug-likeness (QED) is 0.248. The molecule has 1 fully saturated rings. The molecular weight excluding hydrogens is 447 g/mol. The van der Waals surface area contributed by atoms with Crippen LogP contribution in [0.15, 0.2) is 16.4 Å². The lowest BCUT2D eigenvalue weighted by Crippen LogP contribution is -2.42. The predicted octanol–water partition coefficient (Wildman–Crippen LogP) is 2.71. The van der Waals surface area contributed by atoms with Gasteiger partial charge in [0.1, 0.15) is 0 Å². The first kappa shape index (κ1) is 20.9. The van der Waals surface area contributed by atoms with Crippen molar-refractivity contribution >= 4 is 41.3 Å². The van der Waals surface area contributed by atoms with Gasteiger partial charge in [0, 0.05) is 57.9 Å². The van der Waals surface area contributed by atoms with E-state index in [1.807, 2.05) is 18.4 Å². The van der Waals surface area contributed by atoms with Crippen molar-refractivity contribution in [1.82, 2.24) is 15.5 Å². The highest BCUT2D eigenvalue weighted by Crippen LogP contribution is 2.28. The summed E-state index contributed by atoms with van der Waals surface area (Å²) >= 11 is 1.90. The summed E-state index contributed by atoms with van der Waals surface area (Å²) in [6.45, 7) is 6.94. The Kier molecular flexibility index (Phi) is 9.51. The van der Waals surface area contributed by atoms with Crippen LogP contribution in [0.25, 0.3) is 0 Å². The molecule has 1 aromatic rings. The largest absolute Gasteiger partial charge is 0.381 e. The highest BCUT2D eigenvalue weighted by molar-refractivity contribution is 14.0. The molecule has 1 aromatic heterocycles. The summed E-state index contributed by atoms with van der Waals surface area (Å²) in [5.74, 6) is 1.75. The summed E-state index contributed by atoms with van der Waals surface area (Å²) in [7, 11) is 1.83. The molecule has 0 saturated heterocycles. The van der Waals surface area contributed by atoms with E-state index in [9.17, 15) is 0 Å². The molecular formula is C18H31IN4OS. The molecule has 2 heterocycles. The number of hydrogen-bond acceptors (Lipinski definition) is 4. The molecule has 7 heteroatoms. The van der Waals surface area contributed by atoms with Gasteiger partial charge in [0.15, 0.2) is 5.96 Å². The molecule has 0 atom stereocenters. The molecule has 5 nitrogen and oxygen atoms in total. The zero-order valence-electron chi connectivity index (χ0n) is 15.1. The number of halogens is 1. The lowest BCUT2D eigenvalue weighted by atomic mass is 10.1. The fraction of sp³-hybridized carbons (Fsp3) is 0.722. The number of fused-ring (bicyclic) bond motifs is 1. The minimum Gasteiger partial charge on any atom is -0.381 e. The van der Waals surface area contributed by atoms with Gasteiger partial charge in [0.2, 0.25) is 0 Å². The van der Waals surface area contributed by atoms with Crippen LogP contribution in [0.4, 0.5) is 0 Å². The Morgan fingerprint density at radius 3 is 3.00 bits per heavy atom. The minimum atomic E-state index is 0. The van der Waals surface area contributed by atoms with Gasteiger partial charge in [0.05, 0.1) is 0 Å². The van der Waals surface area contributed by atoms with Crippen molar-refractivity contribution in [3.05, 3.63) is 21.9 Å². The van der Waals surface area contributed by atoms with Gasteiger partial charge < -0.3 is 15.4 Å². The third-order valence-electron chi connectivity index (χ3n) is 4.64. The first-order valence-electron chi connectivity index (χ1n) is 9.15. The molecule has 0 spiro atoms. The van der Waals surface area contributed by atoms with E-state index >= 15 is 0 Å². The van der Waals surface area contributed by atoms with Crippen molar-refractivity contribution in [3.8, 4) is 0 Å². The summed E-state index contributed by atoms with van der Waals surface area (Å²) in [5.41, 5.74) is 1.51. The first-order chi connectivity index (χ1) is 11.8. The maximum atomic E-state index is 5.65. The van der Waals surface area contributed by atoms with Gasteiger partial charge in [-0.1, -0.05) is 0 Å². The maximum Gasteiger partial charge on any atom is 0.191 e. The van der Waals surface area contributed by atoms with Gasteiger partial charge in [-0.3, -0.25) is 9.89 Å². The van der Waals surface area contributed by atoms with E-state index < -0.39 is 0 Å². The van der Waals surface area contributed by atoms with E-state index in [0.717, 1.165) is 57.7 Å². The van der Waals surface area contributed by atoms with Crippen LogP contribution in [0.3, 0.4) is 0 Å². The molecule has 0 amide bonds. The van der Waals surface area contributed by atoms with Crippen LogP contribution in [-0.4, -0.2) is 57.3 Å². The van der Waals surface area contributed by atoms with Crippen molar-refractivity contribution < 1.29 is 4.74 Å². The zero-order chi connectivity index (χ0) is 16.6. The Balaban J connectivity index is 0.00000225. The number of aliphatic imine (C=N–C) groups is 1. The second-order valence-corrected chi connectivity index (χ2v) is 7.69. The molecule has 2 N–H and O–H groups in total. The number of hydrogen-bond donors (Lipinski definition) is 2. The van der Waals surface area contributed by atoms with E-state index in [4.69, 9.17) is 4.74 Å². The average molecular weight is 478 g/mol. The molecule has 0 aromatic carbocycles. The molecule has 0 radical (unpaired) electrons. The Morgan fingerprint density at radius 2 is 2.20 bits per heavy atom. The number of ether oxygens (including phenoxy) is 1. The van der Waals surface area contributed by atoms with E-state index in [1.165, 1.54) is 31.4 Å². The SMILES string of the molecule is CN=C(NCCCOCC1CC1)NCCN1CCc2sccc2C1.I. The molecule has 3 rings (SSSR count). The third-order valence-corrected chi connectivity index (χ3v) is 5.66. The summed E-state index contributed by atoms with van der Waals surface area (Å²) in [6.07, 6.45) is 4.94. The molecule has 0 bridgehead atoms. The number of guanidine groups is 1. The molecule has 1 aliphatic carbocycles. The number of rotatable bonds is 9. The lowest BCUT2D eigenvalue weighted by molar-refractivity contribution is 0.123. The Hall–Kier alpha value is -0.380. The zero-order valence-corrected chi connectivity index (χ0v) is 18.3. The van der Waals surface area contributed by atoms with Crippen molar-refractivity contribution in [1.29, 1.82) is 0 Å².